The van der Waals surface area contributed by atoms with Crippen LogP contribution in [0.4, 0.5) is 0 Å². The van der Waals surface area contributed by atoms with Crippen LogP contribution in [0.1, 0.15) is 13.3 Å². The van der Waals surface area contributed by atoms with Crippen LogP contribution in [-0.2, 0) is 14.6 Å². The molecule has 0 aromatic carbocycles. The molecule has 2 saturated heterocycles. The molecule has 0 amide bonds. The summed E-state index contributed by atoms with van der Waals surface area (Å²) < 4.78 is 28.2. The van der Waals surface area contributed by atoms with Crippen molar-refractivity contribution in [3.63, 3.8) is 0 Å². The van der Waals surface area contributed by atoms with Crippen molar-refractivity contribution in [1.82, 2.24) is 20.4 Å². The van der Waals surface area contributed by atoms with Gasteiger partial charge in [0.2, 0.25) is 0 Å². The Hall–Kier alpha value is -0.170. The lowest BCUT2D eigenvalue weighted by molar-refractivity contribution is 0.0377. The highest BCUT2D eigenvalue weighted by molar-refractivity contribution is 14.0. The molecular formula is C16H34IN5O3S. The number of hydrogen-bond acceptors (Lipinski definition) is 6. The van der Waals surface area contributed by atoms with E-state index in [1.807, 2.05) is 0 Å². The Bertz CT molecular complexity index is 498. The summed E-state index contributed by atoms with van der Waals surface area (Å²) in [6, 6.07) is 0. The third-order valence-electron chi connectivity index (χ3n) is 4.51. The molecule has 2 fully saturated rings. The van der Waals surface area contributed by atoms with E-state index < -0.39 is 9.84 Å². The molecule has 2 N–H and O–H groups in total. The van der Waals surface area contributed by atoms with Crippen molar-refractivity contribution in [2.45, 2.75) is 13.3 Å². The summed E-state index contributed by atoms with van der Waals surface area (Å²) in [5.74, 6) is 1.40. The summed E-state index contributed by atoms with van der Waals surface area (Å²) in [7, 11) is -2.80. The number of nitrogens with zero attached hydrogens (tertiary/aromatic N) is 3. The van der Waals surface area contributed by atoms with Gasteiger partial charge in [-0.05, 0) is 13.3 Å². The Morgan fingerprint density at radius 3 is 2.35 bits per heavy atom. The Morgan fingerprint density at radius 2 is 1.69 bits per heavy atom. The first-order valence-electron chi connectivity index (χ1n) is 9.34. The number of rotatable bonds is 8. The fourth-order valence-corrected chi connectivity index (χ4v) is 4.23. The third kappa shape index (κ3) is 9.67. The maximum atomic E-state index is 11.4. The van der Waals surface area contributed by atoms with Crippen molar-refractivity contribution < 1.29 is 13.2 Å². The SMILES string of the molecule is CCNC(=NCCCN1CCOCC1)NCCN1CCS(=O)(=O)CC1.I. The topological polar surface area (TPSA) is 86.3 Å². The Kier molecular flexibility index (Phi) is 12.0. The van der Waals surface area contributed by atoms with Gasteiger partial charge in [-0.3, -0.25) is 14.8 Å². The largest absolute Gasteiger partial charge is 0.379 e. The molecule has 0 radical (unpaired) electrons. The van der Waals surface area contributed by atoms with Crippen molar-refractivity contribution in [1.29, 1.82) is 0 Å². The molecule has 0 saturated carbocycles. The average Bonchev–Trinajstić information content (AvgIpc) is 2.61. The van der Waals surface area contributed by atoms with Crippen molar-refractivity contribution in [2.75, 3.05) is 83.6 Å². The minimum Gasteiger partial charge on any atom is -0.379 e. The van der Waals surface area contributed by atoms with Crippen LogP contribution in [0.15, 0.2) is 4.99 Å². The van der Waals surface area contributed by atoms with Crippen molar-refractivity contribution >= 4 is 39.8 Å². The van der Waals surface area contributed by atoms with Crippen LogP contribution in [-0.4, -0.2) is 108 Å². The standard InChI is InChI=1S/C16H33N5O3S.HI/c1-2-17-16(18-4-3-6-20-8-12-24-13-9-20)19-5-7-21-10-14-25(22,23)15-11-21;/h2-15H2,1H3,(H2,17,18,19);1H. The minimum absolute atomic E-state index is 0. The molecule has 8 nitrogen and oxygen atoms in total. The highest BCUT2D eigenvalue weighted by atomic mass is 127. The molecule has 0 spiro atoms. The highest BCUT2D eigenvalue weighted by Gasteiger charge is 2.20. The quantitative estimate of drug-likeness (QED) is 0.202. The lowest BCUT2D eigenvalue weighted by Gasteiger charge is -2.27. The normalized spacial score (nSPS) is 21.8. The summed E-state index contributed by atoms with van der Waals surface area (Å²) in [5, 5.41) is 6.60. The van der Waals surface area contributed by atoms with Gasteiger partial charge in [-0.15, -0.1) is 24.0 Å². The van der Waals surface area contributed by atoms with Gasteiger partial charge in [0.15, 0.2) is 15.8 Å². The average molecular weight is 503 g/mol. The molecule has 26 heavy (non-hydrogen) atoms. The predicted octanol–water partition coefficient (Wildman–Crippen LogP) is -0.388. The first-order chi connectivity index (χ1) is 12.1. The van der Waals surface area contributed by atoms with Gasteiger partial charge in [-0.1, -0.05) is 0 Å². The number of guanidine groups is 1. The van der Waals surface area contributed by atoms with Gasteiger partial charge in [0, 0.05) is 58.9 Å². The van der Waals surface area contributed by atoms with Gasteiger partial charge in [-0.2, -0.15) is 0 Å². The van der Waals surface area contributed by atoms with E-state index in [1.165, 1.54) is 0 Å². The molecule has 2 heterocycles. The maximum absolute atomic E-state index is 11.4. The van der Waals surface area contributed by atoms with Crippen molar-refractivity contribution in [3.05, 3.63) is 0 Å². The zero-order chi connectivity index (χ0) is 18.0. The lowest BCUT2D eigenvalue weighted by Crippen LogP contribution is -2.46. The second kappa shape index (κ2) is 13.1. The molecule has 2 aliphatic heterocycles. The molecule has 0 atom stereocenters. The zero-order valence-electron chi connectivity index (χ0n) is 15.8. The van der Waals surface area contributed by atoms with Crippen LogP contribution in [0.3, 0.4) is 0 Å². The number of sulfone groups is 1. The van der Waals surface area contributed by atoms with E-state index in [2.05, 4.69) is 32.3 Å². The first-order valence-corrected chi connectivity index (χ1v) is 11.2. The Balaban J connectivity index is 0.00000338. The van der Waals surface area contributed by atoms with Crippen molar-refractivity contribution in [2.24, 2.45) is 4.99 Å². The van der Waals surface area contributed by atoms with Gasteiger partial charge < -0.3 is 15.4 Å². The van der Waals surface area contributed by atoms with Crippen LogP contribution in [0.5, 0.6) is 0 Å². The van der Waals surface area contributed by atoms with Crippen LogP contribution in [0, 0.1) is 0 Å². The minimum atomic E-state index is -2.80. The molecule has 2 rings (SSSR count). The monoisotopic (exact) mass is 503 g/mol. The van der Waals surface area contributed by atoms with Crippen LogP contribution in [0.2, 0.25) is 0 Å². The van der Waals surface area contributed by atoms with E-state index in [0.29, 0.717) is 13.1 Å². The lowest BCUT2D eigenvalue weighted by atomic mass is 10.3. The first kappa shape index (κ1) is 23.9. The van der Waals surface area contributed by atoms with E-state index in [9.17, 15) is 8.42 Å². The number of nitrogens with one attached hydrogen (secondary N) is 2. The third-order valence-corrected chi connectivity index (χ3v) is 6.12. The van der Waals surface area contributed by atoms with Gasteiger partial charge in [0.25, 0.3) is 0 Å². The number of ether oxygens (including phenoxy) is 1. The van der Waals surface area contributed by atoms with E-state index in [1.54, 1.807) is 0 Å². The highest BCUT2D eigenvalue weighted by Crippen LogP contribution is 2.02. The second-order valence-corrected chi connectivity index (χ2v) is 8.79. The molecule has 0 bridgehead atoms. The fraction of sp³-hybridized carbons (Fsp3) is 0.938. The summed E-state index contributed by atoms with van der Waals surface area (Å²) >= 11 is 0. The van der Waals surface area contributed by atoms with Gasteiger partial charge >= 0.3 is 0 Å². The fourth-order valence-electron chi connectivity index (χ4n) is 2.96. The summed E-state index contributed by atoms with van der Waals surface area (Å²) in [6.07, 6.45) is 1.04. The number of halogens is 1. The molecule has 10 heteroatoms. The maximum Gasteiger partial charge on any atom is 0.191 e. The van der Waals surface area contributed by atoms with Gasteiger partial charge in [0.1, 0.15) is 0 Å². The van der Waals surface area contributed by atoms with Gasteiger partial charge in [-0.25, -0.2) is 8.42 Å². The van der Waals surface area contributed by atoms with Crippen molar-refractivity contribution in [3.8, 4) is 0 Å². The smallest absolute Gasteiger partial charge is 0.191 e. The number of aliphatic imine (C=N–C) groups is 1. The van der Waals surface area contributed by atoms with E-state index in [0.717, 1.165) is 71.4 Å². The predicted molar refractivity (Wildman–Crippen MR) is 116 cm³/mol. The van der Waals surface area contributed by atoms with Crippen LogP contribution in [0.25, 0.3) is 0 Å². The van der Waals surface area contributed by atoms with E-state index in [-0.39, 0.29) is 35.5 Å². The summed E-state index contributed by atoms with van der Waals surface area (Å²) in [6.45, 7) is 11.4. The molecular weight excluding hydrogens is 469 g/mol. The molecule has 2 aliphatic rings. The Labute approximate surface area is 175 Å². The van der Waals surface area contributed by atoms with E-state index in [4.69, 9.17) is 4.74 Å². The second-order valence-electron chi connectivity index (χ2n) is 6.49. The number of hydrogen-bond donors (Lipinski definition) is 2. The molecule has 0 aromatic heterocycles. The molecule has 0 aromatic rings. The number of morpholine rings is 1. The summed E-state index contributed by atoms with van der Waals surface area (Å²) in [4.78, 5) is 9.24. The van der Waals surface area contributed by atoms with Crippen LogP contribution < -0.4 is 10.6 Å². The van der Waals surface area contributed by atoms with E-state index >= 15 is 0 Å². The van der Waals surface area contributed by atoms with Gasteiger partial charge in [0.05, 0.1) is 24.7 Å². The molecule has 0 unspecified atom stereocenters. The van der Waals surface area contributed by atoms with Crippen LogP contribution >= 0.6 is 24.0 Å². The Morgan fingerprint density at radius 1 is 1.04 bits per heavy atom. The zero-order valence-corrected chi connectivity index (χ0v) is 18.9. The molecule has 154 valence electrons. The molecule has 0 aliphatic carbocycles. The summed E-state index contributed by atoms with van der Waals surface area (Å²) in [5.41, 5.74) is 0.